The van der Waals surface area contributed by atoms with Gasteiger partial charge in [0, 0.05) is 5.56 Å². The van der Waals surface area contributed by atoms with Crippen LogP contribution in [0.2, 0.25) is 0 Å². The lowest BCUT2D eigenvalue weighted by Crippen LogP contribution is -2.29. The summed E-state index contributed by atoms with van der Waals surface area (Å²) in [5, 5.41) is 6.34. The molecule has 0 spiro atoms. The number of alkyl halides is 3. The maximum absolute atomic E-state index is 12.7. The predicted octanol–water partition coefficient (Wildman–Crippen LogP) is 1.60. The van der Waals surface area contributed by atoms with Crippen LogP contribution in [0.5, 0.6) is 0 Å². The number of hydrogen-bond donors (Lipinski definition) is 3. The van der Waals surface area contributed by atoms with Gasteiger partial charge in [0.25, 0.3) is 11.8 Å². The van der Waals surface area contributed by atoms with Gasteiger partial charge in [-0.2, -0.15) is 18.3 Å². The number of rotatable bonds is 3. The molecule has 0 aliphatic rings. The minimum absolute atomic E-state index is 0.128. The van der Waals surface area contributed by atoms with Gasteiger partial charge in [-0.1, -0.05) is 6.07 Å². The monoisotopic (exact) mass is 364 g/mol. The van der Waals surface area contributed by atoms with Crippen LogP contribution in [0.25, 0.3) is 5.65 Å². The van der Waals surface area contributed by atoms with Crippen molar-refractivity contribution in [1.29, 1.82) is 0 Å². The summed E-state index contributed by atoms with van der Waals surface area (Å²) in [6, 6.07) is 4.02. The molecule has 26 heavy (non-hydrogen) atoms. The summed E-state index contributed by atoms with van der Waals surface area (Å²) in [7, 11) is 0. The molecule has 2 amide bonds. The summed E-state index contributed by atoms with van der Waals surface area (Å²) in [6.45, 7) is 0. The van der Waals surface area contributed by atoms with Crippen molar-refractivity contribution in [1.82, 2.24) is 20.0 Å². The van der Waals surface area contributed by atoms with Gasteiger partial charge < -0.3 is 5.32 Å². The molecule has 0 aliphatic carbocycles. The number of nitrogens with two attached hydrogens (primary N) is 1. The molecule has 0 bridgehead atoms. The zero-order chi connectivity index (χ0) is 18.9. The molecule has 0 radical (unpaired) electrons. The first-order valence-corrected chi connectivity index (χ1v) is 7.12. The number of nitrogens with one attached hydrogen (secondary N) is 2. The van der Waals surface area contributed by atoms with Crippen LogP contribution in [0.3, 0.4) is 0 Å². The molecule has 0 unspecified atom stereocenters. The van der Waals surface area contributed by atoms with Crippen LogP contribution in [0.1, 0.15) is 26.3 Å². The fourth-order valence-electron chi connectivity index (χ4n) is 2.22. The van der Waals surface area contributed by atoms with Crippen molar-refractivity contribution in [3.63, 3.8) is 0 Å². The quantitative estimate of drug-likeness (QED) is 0.371. The van der Waals surface area contributed by atoms with E-state index in [2.05, 4.69) is 15.4 Å². The third kappa shape index (κ3) is 3.32. The van der Waals surface area contributed by atoms with Crippen molar-refractivity contribution in [3.8, 4) is 0 Å². The molecule has 0 atom stereocenters. The summed E-state index contributed by atoms with van der Waals surface area (Å²) in [4.78, 5) is 27.7. The minimum Gasteiger partial charge on any atom is -0.319 e. The fraction of sp³-hybridized carbons (Fsp3) is 0.0667. The second kappa shape index (κ2) is 6.44. The number of carbonyl (C=O) groups excluding carboxylic acids is 2. The number of hydrogen-bond acceptors (Lipinski definition) is 5. The number of nitrogen functional groups attached to an aromatic ring is 1. The van der Waals surface area contributed by atoms with Gasteiger partial charge in [-0.05, 0) is 18.2 Å². The van der Waals surface area contributed by atoms with Crippen LogP contribution in [0.15, 0.2) is 42.9 Å². The smallest absolute Gasteiger partial charge is 0.319 e. The highest BCUT2D eigenvalue weighted by molar-refractivity contribution is 6.04. The molecule has 3 aromatic rings. The average molecular weight is 364 g/mol. The number of nitrogens with zero attached hydrogens (tertiary/aromatic N) is 3. The fourth-order valence-corrected chi connectivity index (χ4v) is 2.22. The number of benzene rings is 1. The van der Waals surface area contributed by atoms with Crippen LogP contribution < -0.4 is 16.6 Å². The largest absolute Gasteiger partial charge is 0.416 e. The Morgan fingerprint density at radius 2 is 1.92 bits per heavy atom. The summed E-state index contributed by atoms with van der Waals surface area (Å²) < 4.78 is 39.4. The molecule has 2 heterocycles. The van der Waals surface area contributed by atoms with E-state index in [-0.39, 0.29) is 22.5 Å². The molecule has 4 N–H and O–H groups in total. The van der Waals surface area contributed by atoms with Crippen LogP contribution >= 0.6 is 0 Å². The van der Waals surface area contributed by atoms with E-state index >= 15 is 0 Å². The highest BCUT2D eigenvalue weighted by Crippen LogP contribution is 2.29. The third-order valence-electron chi connectivity index (χ3n) is 3.44. The van der Waals surface area contributed by atoms with E-state index in [0.29, 0.717) is 0 Å². The Balaban J connectivity index is 1.85. The number of carbonyl (C=O) groups is 2. The predicted molar refractivity (Wildman–Crippen MR) is 84.0 cm³/mol. The van der Waals surface area contributed by atoms with Gasteiger partial charge in [0.05, 0.1) is 29.8 Å². The summed E-state index contributed by atoms with van der Waals surface area (Å²) >= 11 is 0. The van der Waals surface area contributed by atoms with E-state index < -0.39 is 23.6 Å². The van der Waals surface area contributed by atoms with Gasteiger partial charge in [0.1, 0.15) is 5.56 Å². The minimum atomic E-state index is -4.55. The summed E-state index contributed by atoms with van der Waals surface area (Å²) in [5.74, 6) is 3.72. The van der Waals surface area contributed by atoms with Gasteiger partial charge in [0.15, 0.2) is 5.65 Å². The molecule has 11 heteroatoms. The van der Waals surface area contributed by atoms with Crippen molar-refractivity contribution in [2.24, 2.45) is 5.84 Å². The Hall–Kier alpha value is -3.47. The Kier molecular flexibility index (Phi) is 4.30. The Bertz CT molecular complexity index is 998. The van der Waals surface area contributed by atoms with Gasteiger partial charge in [-0.3, -0.25) is 15.0 Å². The maximum atomic E-state index is 12.7. The van der Waals surface area contributed by atoms with Gasteiger partial charge in [-0.15, -0.1) is 0 Å². The normalized spacial score (nSPS) is 11.4. The highest BCUT2D eigenvalue weighted by atomic mass is 19.4. The van der Waals surface area contributed by atoms with Crippen LogP contribution in [-0.2, 0) is 6.18 Å². The average Bonchev–Trinajstić information content (AvgIpc) is 3.03. The number of aromatic nitrogens is 3. The number of anilines is 1. The molecular formula is C15H11F3N6O2. The number of amides is 2. The van der Waals surface area contributed by atoms with E-state index in [9.17, 15) is 22.8 Å². The maximum Gasteiger partial charge on any atom is 0.416 e. The molecule has 1 aromatic carbocycles. The van der Waals surface area contributed by atoms with Gasteiger partial charge in [-0.25, -0.2) is 15.3 Å². The van der Waals surface area contributed by atoms with Crippen molar-refractivity contribution >= 4 is 23.1 Å². The zero-order valence-electron chi connectivity index (χ0n) is 12.9. The third-order valence-corrected chi connectivity index (χ3v) is 3.44. The molecule has 0 saturated heterocycles. The zero-order valence-corrected chi connectivity index (χ0v) is 12.9. The highest BCUT2D eigenvalue weighted by Gasteiger charge is 2.30. The Morgan fingerprint density at radius 3 is 2.62 bits per heavy atom. The van der Waals surface area contributed by atoms with E-state index in [1.54, 1.807) is 0 Å². The summed E-state index contributed by atoms with van der Waals surface area (Å²) in [5.41, 5.74) is 1.37. The molecule has 2 aromatic heterocycles. The van der Waals surface area contributed by atoms with E-state index in [4.69, 9.17) is 5.84 Å². The van der Waals surface area contributed by atoms with Crippen molar-refractivity contribution in [2.75, 3.05) is 5.32 Å². The second-order valence-corrected chi connectivity index (χ2v) is 5.18. The van der Waals surface area contributed by atoms with Crippen molar-refractivity contribution < 1.29 is 22.8 Å². The Morgan fingerprint density at radius 1 is 1.15 bits per heavy atom. The first-order chi connectivity index (χ1) is 12.3. The topological polar surface area (TPSA) is 114 Å². The van der Waals surface area contributed by atoms with E-state index in [0.717, 1.165) is 18.2 Å². The standard InChI is InChI=1S/C15H11F3N6O2/c16-15(17,18)9-3-1-2-8(4-9)13(25)22-10-5-20-12-11(14(26)23-19)6-21-24(12)7-10/h1-7H,19H2,(H,22,25)(H,23,26). The number of halogens is 3. The van der Waals surface area contributed by atoms with Crippen molar-refractivity contribution in [3.05, 3.63) is 59.5 Å². The second-order valence-electron chi connectivity index (χ2n) is 5.18. The first kappa shape index (κ1) is 17.4. The molecule has 0 fully saturated rings. The number of hydrazine groups is 1. The van der Waals surface area contributed by atoms with Gasteiger partial charge in [0.2, 0.25) is 0 Å². The van der Waals surface area contributed by atoms with E-state index in [1.807, 2.05) is 5.43 Å². The van der Waals surface area contributed by atoms with E-state index in [1.165, 1.54) is 29.2 Å². The lowest BCUT2D eigenvalue weighted by molar-refractivity contribution is -0.137. The first-order valence-electron chi connectivity index (χ1n) is 7.12. The number of fused-ring (bicyclic) bond motifs is 1. The molecule has 0 aliphatic heterocycles. The van der Waals surface area contributed by atoms with Crippen molar-refractivity contribution in [2.45, 2.75) is 6.18 Å². The SMILES string of the molecule is NNC(=O)c1cnn2cc(NC(=O)c3cccc(C(F)(F)F)c3)cnc12. The van der Waals surface area contributed by atoms with Crippen LogP contribution in [0, 0.1) is 0 Å². The van der Waals surface area contributed by atoms with Crippen LogP contribution in [-0.4, -0.2) is 26.4 Å². The molecule has 134 valence electrons. The molecule has 8 nitrogen and oxygen atoms in total. The Labute approximate surface area is 143 Å². The van der Waals surface area contributed by atoms with Crippen LogP contribution in [0.4, 0.5) is 18.9 Å². The van der Waals surface area contributed by atoms with Gasteiger partial charge >= 0.3 is 6.18 Å². The lowest BCUT2D eigenvalue weighted by Gasteiger charge is -2.09. The summed E-state index contributed by atoms with van der Waals surface area (Å²) in [6.07, 6.45) is -0.703. The molecular weight excluding hydrogens is 353 g/mol. The molecule has 3 rings (SSSR count). The molecule has 0 saturated carbocycles. The lowest BCUT2D eigenvalue weighted by atomic mass is 10.1.